The molecular weight excluding hydrogens is 338 g/mol. The van der Waals surface area contributed by atoms with Crippen molar-refractivity contribution in [2.45, 2.75) is 32.7 Å². The van der Waals surface area contributed by atoms with Gasteiger partial charge in [-0.2, -0.15) is 0 Å². The second-order valence-corrected chi connectivity index (χ2v) is 7.19. The third kappa shape index (κ3) is 5.93. The number of aryl methyl sites for hydroxylation is 1. The van der Waals surface area contributed by atoms with Crippen molar-refractivity contribution in [2.75, 3.05) is 18.4 Å². The number of hydrogen-bond acceptors (Lipinski definition) is 3. The molecule has 0 saturated carbocycles. The minimum Gasteiger partial charge on any atom is -0.352 e. The fourth-order valence-corrected chi connectivity index (χ4v) is 3.25. The molecule has 1 saturated heterocycles. The number of carbonyl (C=O) groups excluding carboxylic acids is 2. The first-order valence-corrected chi connectivity index (χ1v) is 9.54. The Balaban J connectivity index is 1.48. The minimum atomic E-state index is -0.138. The van der Waals surface area contributed by atoms with Crippen molar-refractivity contribution >= 4 is 17.5 Å². The Morgan fingerprint density at radius 2 is 1.96 bits per heavy atom. The van der Waals surface area contributed by atoms with Gasteiger partial charge in [0.15, 0.2) is 0 Å². The molecule has 1 aliphatic heterocycles. The van der Waals surface area contributed by atoms with Crippen LogP contribution in [0.5, 0.6) is 0 Å². The maximum absolute atomic E-state index is 12.3. The normalized spacial score (nSPS) is 16.1. The SMILES string of the molecule is Cc1ccc(C(=O)Nc2cccc(CNC(=O)CCC3CCNC3)c2)cc1. The zero-order valence-electron chi connectivity index (χ0n) is 15.8. The zero-order chi connectivity index (χ0) is 19.1. The van der Waals surface area contributed by atoms with Gasteiger partial charge >= 0.3 is 0 Å². The van der Waals surface area contributed by atoms with E-state index in [1.54, 1.807) is 0 Å². The van der Waals surface area contributed by atoms with Gasteiger partial charge in [-0.3, -0.25) is 9.59 Å². The lowest BCUT2D eigenvalue weighted by atomic mass is 10.0. The third-order valence-corrected chi connectivity index (χ3v) is 4.93. The molecule has 1 unspecified atom stereocenters. The third-order valence-electron chi connectivity index (χ3n) is 4.93. The van der Waals surface area contributed by atoms with Crippen molar-refractivity contribution in [1.82, 2.24) is 10.6 Å². The van der Waals surface area contributed by atoms with Crippen molar-refractivity contribution in [1.29, 1.82) is 0 Å². The number of anilines is 1. The van der Waals surface area contributed by atoms with Gasteiger partial charge in [-0.15, -0.1) is 0 Å². The molecule has 0 radical (unpaired) electrons. The van der Waals surface area contributed by atoms with Crippen LogP contribution in [0.25, 0.3) is 0 Å². The molecule has 0 spiro atoms. The second-order valence-electron chi connectivity index (χ2n) is 7.19. The van der Waals surface area contributed by atoms with E-state index in [-0.39, 0.29) is 11.8 Å². The van der Waals surface area contributed by atoms with Crippen LogP contribution in [0.15, 0.2) is 48.5 Å². The summed E-state index contributed by atoms with van der Waals surface area (Å²) in [7, 11) is 0. The van der Waals surface area contributed by atoms with Crippen molar-refractivity contribution in [3.05, 3.63) is 65.2 Å². The molecule has 5 nitrogen and oxygen atoms in total. The first-order chi connectivity index (χ1) is 13.1. The summed E-state index contributed by atoms with van der Waals surface area (Å²) < 4.78 is 0. The van der Waals surface area contributed by atoms with Crippen molar-refractivity contribution in [3.8, 4) is 0 Å². The molecule has 27 heavy (non-hydrogen) atoms. The van der Waals surface area contributed by atoms with Crippen LogP contribution in [0.1, 0.15) is 40.7 Å². The van der Waals surface area contributed by atoms with Gasteiger partial charge < -0.3 is 16.0 Å². The van der Waals surface area contributed by atoms with Crippen LogP contribution < -0.4 is 16.0 Å². The highest BCUT2D eigenvalue weighted by molar-refractivity contribution is 6.04. The molecule has 2 aromatic carbocycles. The maximum atomic E-state index is 12.3. The molecule has 5 heteroatoms. The number of carbonyl (C=O) groups is 2. The molecule has 1 heterocycles. The van der Waals surface area contributed by atoms with Gasteiger partial charge in [0.2, 0.25) is 5.91 Å². The summed E-state index contributed by atoms with van der Waals surface area (Å²) in [6, 6.07) is 15.0. The van der Waals surface area contributed by atoms with Gasteiger partial charge in [0, 0.05) is 24.2 Å². The molecule has 2 aromatic rings. The lowest BCUT2D eigenvalue weighted by molar-refractivity contribution is -0.121. The van der Waals surface area contributed by atoms with E-state index < -0.39 is 0 Å². The molecule has 1 fully saturated rings. The highest BCUT2D eigenvalue weighted by Gasteiger charge is 2.15. The number of nitrogens with one attached hydrogen (secondary N) is 3. The van der Waals surface area contributed by atoms with Crippen LogP contribution in [0.2, 0.25) is 0 Å². The Morgan fingerprint density at radius 3 is 2.70 bits per heavy atom. The predicted molar refractivity (Wildman–Crippen MR) is 108 cm³/mol. The monoisotopic (exact) mass is 365 g/mol. The summed E-state index contributed by atoms with van der Waals surface area (Å²) in [5, 5.41) is 9.20. The first-order valence-electron chi connectivity index (χ1n) is 9.54. The Hall–Kier alpha value is -2.66. The largest absolute Gasteiger partial charge is 0.352 e. The van der Waals surface area contributed by atoms with Crippen LogP contribution >= 0.6 is 0 Å². The number of rotatable bonds is 7. The van der Waals surface area contributed by atoms with E-state index in [1.807, 2.05) is 55.5 Å². The summed E-state index contributed by atoms with van der Waals surface area (Å²) in [6.07, 6.45) is 2.66. The highest BCUT2D eigenvalue weighted by Crippen LogP contribution is 2.15. The van der Waals surface area contributed by atoms with Crippen LogP contribution in [-0.4, -0.2) is 24.9 Å². The van der Waals surface area contributed by atoms with Gasteiger partial charge in [0.25, 0.3) is 5.91 Å². The lowest BCUT2D eigenvalue weighted by Crippen LogP contribution is -2.23. The molecule has 3 rings (SSSR count). The number of benzene rings is 2. The summed E-state index contributed by atoms with van der Waals surface area (Å²) in [5.74, 6) is 0.563. The van der Waals surface area contributed by atoms with Gasteiger partial charge in [0.05, 0.1) is 0 Å². The van der Waals surface area contributed by atoms with E-state index >= 15 is 0 Å². The Morgan fingerprint density at radius 1 is 1.15 bits per heavy atom. The summed E-state index contributed by atoms with van der Waals surface area (Å²) >= 11 is 0. The van der Waals surface area contributed by atoms with Crippen LogP contribution in [0.4, 0.5) is 5.69 Å². The average molecular weight is 365 g/mol. The van der Waals surface area contributed by atoms with E-state index in [9.17, 15) is 9.59 Å². The molecule has 142 valence electrons. The zero-order valence-corrected chi connectivity index (χ0v) is 15.8. The summed E-state index contributed by atoms with van der Waals surface area (Å²) in [5.41, 5.74) is 3.44. The molecule has 2 amide bonds. The fourth-order valence-electron chi connectivity index (χ4n) is 3.25. The van der Waals surface area contributed by atoms with Gasteiger partial charge in [-0.05, 0) is 68.6 Å². The molecular formula is C22H27N3O2. The summed E-state index contributed by atoms with van der Waals surface area (Å²) in [4.78, 5) is 24.4. The summed E-state index contributed by atoms with van der Waals surface area (Å²) in [6.45, 7) is 4.55. The van der Waals surface area contributed by atoms with E-state index in [0.29, 0.717) is 24.4 Å². The van der Waals surface area contributed by atoms with Gasteiger partial charge in [-0.25, -0.2) is 0 Å². The lowest BCUT2D eigenvalue weighted by Gasteiger charge is -2.10. The molecule has 1 aliphatic rings. The van der Waals surface area contributed by atoms with Crippen LogP contribution in [0.3, 0.4) is 0 Å². The second kappa shape index (κ2) is 9.33. The molecule has 1 atom stereocenters. The Kier molecular flexibility index (Phi) is 6.60. The molecule has 0 aliphatic carbocycles. The van der Waals surface area contributed by atoms with Gasteiger partial charge in [-0.1, -0.05) is 29.8 Å². The Bertz CT molecular complexity index is 780. The molecule has 0 bridgehead atoms. The van der Waals surface area contributed by atoms with E-state index in [2.05, 4.69) is 16.0 Å². The molecule has 3 N–H and O–H groups in total. The number of hydrogen-bond donors (Lipinski definition) is 3. The topological polar surface area (TPSA) is 70.2 Å². The standard InChI is InChI=1S/C22H27N3O2/c1-16-5-8-19(9-6-16)22(27)25-20-4-2-3-18(13-20)15-24-21(26)10-7-17-11-12-23-14-17/h2-6,8-9,13,17,23H,7,10-12,14-15H2,1H3,(H,24,26)(H,25,27). The fraction of sp³-hybridized carbons (Fsp3) is 0.364. The quantitative estimate of drug-likeness (QED) is 0.705. The molecule has 0 aromatic heterocycles. The van der Waals surface area contributed by atoms with Crippen LogP contribution in [0, 0.1) is 12.8 Å². The van der Waals surface area contributed by atoms with Crippen molar-refractivity contribution in [3.63, 3.8) is 0 Å². The highest BCUT2D eigenvalue weighted by atomic mass is 16.2. The number of amides is 2. The minimum absolute atomic E-state index is 0.0796. The van der Waals surface area contributed by atoms with E-state index in [0.717, 1.165) is 42.7 Å². The van der Waals surface area contributed by atoms with Crippen molar-refractivity contribution in [2.24, 2.45) is 5.92 Å². The van der Waals surface area contributed by atoms with E-state index in [4.69, 9.17) is 0 Å². The first kappa shape index (κ1) is 19.1. The average Bonchev–Trinajstić information content (AvgIpc) is 3.19. The van der Waals surface area contributed by atoms with Crippen LogP contribution in [-0.2, 0) is 11.3 Å². The smallest absolute Gasteiger partial charge is 0.255 e. The predicted octanol–water partition coefficient (Wildman–Crippen LogP) is 3.25. The van der Waals surface area contributed by atoms with Crippen molar-refractivity contribution < 1.29 is 9.59 Å². The van der Waals surface area contributed by atoms with E-state index in [1.165, 1.54) is 0 Å². The maximum Gasteiger partial charge on any atom is 0.255 e. The van der Waals surface area contributed by atoms with Gasteiger partial charge in [0.1, 0.15) is 0 Å². The Labute approximate surface area is 160 Å².